The molecular formula is C24H18F2N8O. The topological polar surface area (TPSA) is 131 Å². The van der Waals surface area contributed by atoms with Gasteiger partial charge in [-0.25, -0.2) is 23.3 Å². The molecule has 0 amide bonds. The van der Waals surface area contributed by atoms with Gasteiger partial charge in [0.2, 0.25) is 0 Å². The van der Waals surface area contributed by atoms with Gasteiger partial charge in [-0.15, -0.1) is 5.10 Å². The highest BCUT2D eigenvalue weighted by atomic mass is 19.1. The predicted molar refractivity (Wildman–Crippen MR) is 123 cm³/mol. The molecule has 174 valence electrons. The van der Waals surface area contributed by atoms with Gasteiger partial charge in [0.15, 0.2) is 17.3 Å². The Morgan fingerprint density at radius 3 is 2.54 bits per heavy atom. The minimum atomic E-state index is -1.80. The highest BCUT2D eigenvalue weighted by Crippen LogP contribution is 2.35. The van der Waals surface area contributed by atoms with Gasteiger partial charge in [0.1, 0.15) is 29.1 Å². The third-order valence-electron chi connectivity index (χ3n) is 5.60. The molecule has 0 radical (unpaired) electrons. The lowest BCUT2D eigenvalue weighted by atomic mass is 10.0. The number of aliphatic hydroxyl groups is 1. The van der Waals surface area contributed by atoms with Crippen LogP contribution in [0.2, 0.25) is 0 Å². The second-order valence-corrected chi connectivity index (χ2v) is 7.63. The summed E-state index contributed by atoms with van der Waals surface area (Å²) in [5.41, 5.74) is 7.91. The van der Waals surface area contributed by atoms with Crippen molar-refractivity contribution >= 4 is 11.5 Å². The van der Waals surface area contributed by atoms with Gasteiger partial charge in [0.25, 0.3) is 0 Å². The quantitative estimate of drug-likeness (QED) is 0.400. The van der Waals surface area contributed by atoms with Crippen LogP contribution in [-0.2, 0) is 6.54 Å². The van der Waals surface area contributed by atoms with Crippen molar-refractivity contribution in [1.82, 2.24) is 29.4 Å². The zero-order valence-electron chi connectivity index (χ0n) is 18.4. The zero-order valence-corrected chi connectivity index (χ0v) is 18.4. The van der Waals surface area contributed by atoms with Gasteiger partial charge in [0, 0.05) is 18.3 Å². The van der Waals surface area contributed by atoms with Crippen LogP contribution in [0.4, 0.5) is 14.6 Å². The van der Waals surface area contributed by atoms with Crippen molar-refractivity contribution in [2.24, 2.45) is 0 Å². The van der Waals surface area contributed by atoms with E-state index in [9.17, 15) is 19.1 Å². The largest absolute Gasteiger partial charge is 0.381 e. The number of fused-ring (bicyclic) bond motifs is 1. The summed E-state index contributed by atoms with van der Waals surface area (Å²) in [6.07, 6.45) is -0.197. The number of aromatic nitrogens is 6. The second-order valence-electron chi connectivity index (χ2n) is 7.63. The molecule has 35 heavy (non-hydrogen) atoms. The molecule has 0 aliphatic carbocycles. The number of nitrogen functional groups attached to an aromatic ring is 1. The van der Waals surface area contributed by atoms with Crippen LogP contribution < -0.4 is 5.73 Å². The number of halogens is 2. The fourth-order valence-electron chi connectivity index (χ4n) is 3.98. The molecule has 0 bridgehead atoms. The van der Waals surface area contributed by atoms with Gasteiger partial charge in [-0.05, 0) is 31.2 Å². The Morgan fingerprint density at radius 1 is 1.09 bits per heavy atom. The summed E-state index contributed by atoms with van der Waals surface area (Å²) in [7, 11) is 0. The maximum Gasteiger partial charge on any atom is 0.199 e. The van der Waals surface area contributed by atoms with Gasteiger partial charge in [-0.3, -0.25) is 4.68 Å². The Kier molecular flexibility index (Phi) is 5.43. The number of aryl methyl sites for hydroxylation is 1. The van der Waals surface area contributed by atoms with Crippen LogP contribution in [0.1, 0.15) is 30.0 Å². The van der Waals surface area contributed by atoms with Crippen molar-refractivity contribution in [2.45, 2.75) is 19.6 Å². The first-order chi connectivity index (χ1) is 16.9. The van der Waals surface area contributed by atoms with E-state index in [1.165, 1.54) is 10.6 Å². The van der Waals surface area contributed by atoms with E-state index < -0.39 is 23.3 Å². The van der Waals surface area contributed by atoms with E-state index in [4.69, 9.17) is 5.73 Å². The van der Waals surface area contributed by atoms with Crippen LogP contribution >= 0.6 is 0 Å². The van der Waals surface area contributed by atoms with Crippen LogP contribution in [0.5, 0.6) is 0 Å². The third-order valence-corrected chi connectivity index (χ3v) is 5.60. The minimum Gasteiger partial charge on any atom is -0.381 e. The van der Waals surface area contributed by atoms with Crippen molar-refractivity contribution in [3.63, 3.8) is 0 Å². The molecule has 0 spiro atoms. The monoisotopic (exact) mass is 472 g/mol. The van der Waals surface area contributed by atoms with Gasteiger partial charge >= 0.3 is 0 Å². The Bertz CT molecular complexity index is 1600. The standard InChI is InChI=1S/C24H18F2N8O/c1-2-33-17(10-11-29-33)20-19(14-7-4-3-6-13(14)12-27)30-22(28)24-31-23(32-34(20)24)21(35)18-15(25)8-5-9-16(18)26/h3-11,21,35H,2H2,1H3,(H2,28,30). The van der Waals surface area contributed by atoms with E-state index in [-0.39, 0.29) is 17.3 Å². The number of hydrogen-bond acceptors (Lipinski definition) is 7. The lowest BCUT2D eigenvalue weighted by molar-refractivity contribution is 0.199. The molecule has 1 atom stereocenters. The van der Waals surface area contributed by atoms with Crippen molar-refractivity contribution < 1.29 is 13.9 Å². The average Bonchev–Trinajstić information content (AvgIpc) is 3.51. The minimum absolute atomic E-state index is 0.0426. The first-order valence-electron chi connectivity index (χ1n) is 10.6. The summed E-state index contributed by atoms with van der Waals surface area (Å²) >= 11 is 0. The van der Waals surface area contributed by atoms with Gasteiger partial charge in [0.05, 0.1) is 22.9 Å². The summed E-state index contributed by atoms with van der Waals surface area (Å²) in [4.78, 5) is 8.79. The van der Waals surface area contributed by atoms with Crippen LogP contribution in [-0.4, -0.2) is 34.5 Å². The fourth-order valence-corrected chi connectivity index (χ4v) is 3.98. The Morgan fingerprint density at radius 2 is 1.83 bits per heavy atom. The number of rotatable bonds is 5. The summed E-state index contributed by atoms with van der Waals surface area (Å²) in [5, 5.41) is 29.2. The van der Waals surface area contributed by atoms with E-state index in [0.717, 1.165) is 12.1 Å². The molecule has 3 heterocycles. The molecule has 0 saturated heterocycles. The number of benzene rings is 2. The molecule has 5 rings (SSSR count). The first-order valence-corrected chi connectivity index (χ1v) is 10.6. The zero-order chi connectivity index (χ0) is 24.7. The Labute approximate surface area is 197 Å². The highest BCUT2D eigenvalue weighted by molar-refractivity contribution is 5.84. The first kappa shape index (κ1) is 22.1. The molecule has 0 aliphatic heterocycles. The molecule has 3 N–H and O–H groups in total. The Balaban J connectivity index is 1.83. The van der Waals surface area contributed by atoms with Gasteiger partial charge in [-0.1, -0.05) is 24.3 Å². The summed E-state index contributed by atoms with van der Waals surface area (Å²) < 4.78 is 31.7. The molecule has 9 nitrogen and oxygen atoms in total. The molecule has 0 aliphatic rings. The molecule has 3 aromatic heterocycles. The summed E-state index contributed by atoms with van der Waals surface area (Å²) in [6, 6.07) is 14.0. The van der Waals surface area contributed by atoms with Crippen LogP contribution in [0, 0.1) is 23.0 Å². The number of nitriles is 1. The number of aliphatic hydroxyl groups excluding tert-OH is 1. The van der Waals surface area contributed by atoms with E-state index in [1.54, 1.807) is 41.2 Å². The van der Waals surface area contributed by atoms with Crippen LogP contribution in [0.3, 0.4) is 0 Å². The van der Waals surface area contributed by atoms with Gasteiger partial charge < -0.3 is 10.8 Å². The third kappa shape index (κ3) is 3.56. The van der Waals surface area contributed by atoms with Crippen molar-refractivity contribution in [3.05, 3.63) is 83.3 Å². The second kappa shape index (κ2) is 8.58. The van der Waals surface area contributed by atoms with Crippen LogP contribution in [0.25, 0.3) is 28.3 Å². The smallest absolute Gasteiger partial charge is 0.199 e. The summed E-state index contributed by atoms with van der Waals surface area (Å²) in [6.45, 7) is 2.41. The predicted octanol–water partition coefficient (Wildman–Crippen LogP) is 3.49. The van der Waals surface area contributed by atoms with E-state index in [2.05, 4.69) is 26.2 Å². The van der Waals surface area contributed by atoms with E-state index >= 15 is 0 Å². The fraction of sp³-hybridized carbons (Fsp3) is 0.125. The molecule has 1 unspecified atom stereocenters. The highest BCUT2D eigenvalue weighted by Gasteiger charge is 2.28. The maximum absolute atomic E-state index is 14.3. The SMILES string of the molecule is CCn1nccc1-c1c(-c2ccccc2C#N)nc(N)c2nc(C(O)c3c(F)cccc3F)nn12. The van der Waals surface area contributed by atoms with E-state index in [0.29, 0.717) is 34.8 Å². The molecular weight excluding hydrogens is 454 g/mol. The molecule has 11 heteroatoms. The number of anilines is 1. The van der Waals surface area contributed by atoms with Crippen molar-refractivity contribution in [3.8, 4) is 28.7 Å². The molecule has 0 fully saturated rings. The average molecular weight is 472 g/mol. The van der Waals surface area contributed by atoms with Crippen LogP contribution in [0.15, 0.2) is 54.7 Å². The van der Waals surface area contributed by atoms with E-state index in [1.807, 2.05) is 6.92 Å². The number of nitrogens with zero attached hydrogens (tertiary/aromatic N) is 7. The lowest BCUT2D eigenvalue weighted by Gasteiger charge is -2.14. The molecule has 5 aromatic rings. The number of hydrogen-bond donors (Lipinski definition) is 2. The summed E-state index contributed by atoms with van der Waals surface area (Å²) in [5.74, 6) is -2.18. The maximum atomic E-state index is 14.3. The molecule has 0 saturated carbocycles. The van der Waals surface area contributed by atoms with Crippen molar-refractivity contribution in [2.75, 3.05) is 5.73 Å². The van der Waals surface area contributed by atoms with Crippen molar-refractivity contribution in [1.29, 1.82) is 5.26 Å². The lowest BCUT2D eigenvalue weighted by Crippen LogP contribution is -2.10. The Hall–Kier alpha value is -4.69. The molecule has 2 aromatic carbocycles. The van der Waals surface area contributed by atoms with Gasteiger partial charge in [-0.2, -0.15) is 10.4 Å². The normalized spacial score (nSPS) is 12.1. The number of nitrogens with two attached hydrogens (primary N) is 1.